The third kappa shape index (κ3) is 51.8. The van der Waals surface area contributed by atoms with Crippen LogP contribution in [0.25, 0.3) is 0 Å². The predicted molar refractivity (Wildman–Crippen MR) is 307 cm³/mol. The van der Waals surface area contributed by atoms with Crippen LogP contribution in [0.4, 0.5) is 0 Å². The molecule has 1 amide bonds. The summed E-state index contributed by atoms with van der Waals surface area (Å²) in [6.45, 7) is 6.65. The van der Waals surface area contributed by atoms with Crippen LogP contribution < -0.4 is 10.2 Å². The van der Waals surface area contributed by atoms with Crippen molar-refractivity contribution in [2.24, 2.45) is 0 Å². The van der Waals surface area contributed by atoms with Gasteiger partial charge in [-0.3, -0.25) is 14.2 Å². The van der Waals surface area contributed by atoms with Gasteiger partial charge in [0.1, 0.15) is 19.3 Å². The van der Waals surface area contributed by atoms with Gasteiger partial charge >= 0.3 is 5.97 Å². The van der Waals surface area contributed by atoms with Crippen LogP contribution >= 0.6 is 7.82 Å². The maximum Gasteiger partial charge on any atom is 0.306 e. The Morgan fingerprint density at radius 2 is 0.889 bits per heavy atom. The normalized spacial score (nSPS) is 14.5. The van der Waals surface area contributed by atoms with Gasteiger partial charge in [0.25, 0.3) is 7.82 Å². The number of unbranched alkanes of at least 4 members (excludes halogenated alkanes) is 21. The molecule has 0 aliphatic carbocycles. The van der Waals surface area contributed by atoms with E-state index in [1.807, 2.05) is 33.3 Å². The molecular weight excluding hydrogens is 916 g/mol. The molecule has 72 heavy (non-hydrogen) atoms. The number of ether oxygens (including phenoxy) is 1. The fourth-order valence-corrected chi connectivity index (χ4v) is 8.48. The number of phosphoric ester groups is 1. The molecule has 0 aromatic heterocycles. The van der Waals surface area contributed by atoms with Gasteiger partial charge in [-0.15, -0.1) is 0 Å². The molecule has 9 nitrogen and oxygen atoms in total. The van der Waals surface area contributed by atoms with Gasteiger partial charge < -0.3 is 28.5 Å². The van der Waals surface area contributed by atoms with Gasteiger partial charge in [-0.05, 0) is 109 Å². The molecule has 0 saturated carbocycles. The number of nitrogens with one attached hydrogen (secondary N) is 1. The Labute approximate surface area is 443 Å². The third-order valence-corrected chi connectivity index (χ3v) is 13.2. The van der Waals surface area contributed by atoms with Gasteiger partial charge in [-0.1, -0.05) is 208 Å². The lowest BCUT2D eigenvalue weighted by molar-refractivity contribution is -0.870. The first-order valence-electron chi connectivity index (χ1n) is 29.0. The lowest BCUT2D eigenvalue weighted by Crippen LogP contribution is -2.47. The van der Waals surface area contributed by atoms with Gasteiger partial charge in [0, 0.05) is 12.8 Å². The molecule has 414 valence electrons. The fraction of sp³-hybridized carbons (Fsp3) is 0.710. The van der Waals surface area contributed by atoms with Gasteiger partial charge in [-0.2, -0.15) is 0 Å². The van der Waals surface area contributed by atoms with E-state index >= 15 is 0 Å². The highest BCUT2D eigenvalue weighted by Crippen LogP contribution is 2.38. The van der Waals surface area contributed by atoms with E-state index in [4.69, 9.17) is 13.8 Å². The van der Waals surface area contributed by atoms with Crippen molar-refractivity contribution in [2.45, 2.75) is 245 Å². The number of quaternary nitrogens is 1. The van der Waals surface area contributed by atoms with E-state index < -0.39 is 26.6 Å². The predicted octanol–water partition coefficient (Wildman–Crippen LogP) is 17.0. The Hall–Kier alpha value is -3.07. The number of hydrogen-bond acceptors (Lipinski definition) is 7. The van der Waals surface area contributed by atoms with E-state index in [2.05, 4.69) is 111 Å². The van der Waals surface area contributed by atoms with Gasteiger partial charge in [-0.25, -0.2) is 0 Å². The van der Waals surface area contributed by atoms with Crippen molar-refractivity contribution >= 4 is 19.7 Å². The number of allylic oxidation sites excluding steroid dienone is 15. The Bertz CT molecular complexity index is 1560. The highest BCUT2D eigenvalue weighted by atomic mass is 31.2. The van der Waals surface area contributed by atoms with Gasteiger partial charge in [0.15, 0.2) is 0 Å². The quantitative estimate of drug-likeness (QED) is 0.0212. The second-order valence-corrected chi connectivity index (χ2v) is 21.8. The molecule has 10 heteroatoms. The van der Waals surface area contributed by atoms with E-state index in [1.165, 1.54) is 70.6 Å². The third-order valence-electron chi connectivity index (χ3n) is 12.2. The summed E-state index contributed by atoms with van der Waals surface area (Å²) in [7, 11) is 1.14. The summed E-state index contributed by atoms with van der Waals surface area (Å²) in [5, 5.41) is 3.00. The van der Waals surface area contributed by atoms with Crippen LogP contribution in [0.3, 0.4) is 0 Å². The van der Waals surface area contributed by atoms with E-state index in [-0.39, 0.29) is 31.3 Å². The van der Waals surface area contributed by atoms with Crippen molar-refractivity contribution in [1.29, 1.82) is 0 Å². The molecule has 0 aliphatic rings. The van der Waals surface area contributed by atoms with Gasteiger partial charge in [0.05, 0.1) is 33.8 Å². The first-order valence-corrected chi connectivity index (χ1v) is 30.5. The first kappa shape index (κ1) is 68.9. The van der Waals surface area contributed by atoms with Crippen LogP contribution in [0.2, 0.25) is 0 Å². The number of rotatable bonds is 51. The molecule has 0 aromatic carbocycles. The number of carbonyl (C=O) groups excluding carboxylic acids is 2. The number of carbonyl (C=O) groups is 2. The zero-order chi connectivity index (χ0) is 52.9. The second-order valence-electron chi connectivity index (χ2n) is 20.4. The molecule has 0 aliphatic heterocycles. The zero-order valence-electron chi connectivity index (χ0n) is 47.1. The monoisotopic (exact) mass is 1020 g/mol. The minimum absolute atomic E-state index is 0.0352. The largest absolute Gasteiger partial charge is 0.756 e. The molecule has 3 atom stereocenters. The number of hydrogen-bond donors (Lipinski definition) is 1. The Morgan fingerprint density at radius 1 is 0.500 bits per heavy atom. The van der Waals surface area contributed by atoms with Crippen LogP contribution in [-0.4, -0.2) is 69.4 Å². The average molecular weight is 1030 g/mol. The fourth-order valence-electron chi connectivity index (χ4n) is 7.75. The van der Waals surface area contributed by atoms with Crippen LogP contribution in [0.5, 0.6) is 0 Å². The van der Waals surface area contributed by atoms with Crippen LogP contribution in [0.1, 0.15) is 233 Å². The molecule has 0 radical (unpaired) electrons. The number of phosphoric acid groups is 1. The number of amides is 1. The SMILES string of the molecule is CC/C=C/C/C=C/C/C=C/CCCCCCCCC(=O)NC(COP(=O)([O-])OCC[N+](C)(C)C)C(/C=C/CCCCCCCCCCC)OC(=O)CCCCC/C=C\C/C=C\C/C=C\C/C=C\CCCCC. The van der Waals surface area contributed by atoms with Gasteiger partial charge in [0.2, 0.25) is 5.91 Å². The minimum atomic E-state index is -4.71. The van der Waals surface area contributed by atoms with E-state index in [9.17, 15) is 19.0 Å². The number of esters is 1. The summed E-state index contributed by atoms with van der Waals surface area (Å²) in [5.41, 5.74) is 0. The molecule has 0 bridgehead atoms. The molecule has 0 saturated heterocycles. The summed E-state index contributed by atoms with van der Waals surface area (Å²) in [6, 6.07) is -0.913. The minimum Gasteiger partial charge on any atom is -0.756 e. The van der Waals surface area contributed by atoms with Crippen LogP contribution in [-0.2, 0) is 27.9 Å². The molecule has 0 spiro atoms. The van der Waals surface area contributed by atoms with Crippen molar-refractivity contribution in [1.82, 2.24) is 5.32 Å². The molecule has 0 fully saturated rings. The highest BCUT2D eigenvalue weighted by Gasteiger charge is 2.27. The van der Waals surface area contributed by atoms with Crippen molar-refractivity contribution in [3.05, 3.63) is 97.2 Å². The average Bonchev–Trinajstić information content (AvgIpc) is 3.34. The van der Waals surface area contributed by atoms with E-state index in [1.54, 1.807) is 0 Å². The molecule has 0 heterocycles. The summed E-state index contributed by atoms with van der Waals surface area (Å²) < 4.78 is 30.2. The molecule has 0 rings (SSSR count). The summed E-state index contributed by atoms with van der Waals surface area (Å²) >= 11 is 0. The summed E-state index contributed by atoms with van der Waals surface area (Å²) in [4.78, 5) is 39.9. The van der Waals surface area contributed by atoms with Crippen molar-refractivity contribution in [3.63, 3.8) is 0 Å². The van der Waals surface area contributed by atoms with Crippen LogP contribution in [0, 0.1) is 0 Å². The number of nitrogens with zero attached hydrogens (tertiary/aromatic N) is 1. The van der Waals surface area contributed by atoms with Crippen molar-refractivity contribution in [3.8, 4) is 0 Å². The lowest BCUT2D eigenvalue weighted by atomic mass is 10.1. The Morgan fingerprint density at radius 3 is 1.38 bits per heavy atom. The Kier molecular flexibility index (Phi) is 49.2. The zero-order valence-corrected chi connectivity index (χ0v) is 48.0. The molecule has 0 aromatic rings. The maximum absolute atomic E-state index is 13.5. The molecule has 3 unspecified atom stereocenters. The van der Waals surface area contributed by atoms with Crippen molar-refractivity contribution < 1.29 is 37.3 Å². The highest BCUT2D eigenvalue weighted by molar-refractivity contribution is 7.45. The van der Waals surface area contributed by atoms with E-state index in [0.717, 1.165) is 116 Å². The Balaban J connectivity index is 5.39. The van der Waals surface area contributed by atoms with E-state index in [0.29, 0.717) is 23.9 Å². The topological polar surface area (TPSA) is 114 Å². The summed E-state index contributed by atoms with van der Waals surface area (Å²) in [6.07, 6.45) is 68.0. The maximum atomic E-state index is 13.5. The second kappa shape index (κ2) is 51.4. The van der Waals surface area contributed by atoms with Crippen LogP contribution in [0.15, 0.2) is 97.2 Å². The van der Waals surface area contributed by atoms with Crippen molar-refractivity contribution in [2.75, 3.05) is 40.9 Å². The lowest BCUT2D eigenvalue weighted by Gasteiger charge is -2.30. The number of likely N-dealkylation sites (N-methyl/N-ethyl adjacent to an activating group) is 1. The summed E-state index contributed by atoms with van der Waals surface area (Å²) in [5.74, 6) is -0.599. The standard InChI is InChI=1S/C62H109N2O7P/c1-7-10-13-16-19-22-25-27-29-31-32-33-35-37-40-43-46-49-52-55-62(66)71-60(53-50-47-44-41-38-24-21-18-15-12-9-3)59(58-70-72(67,68)69-57-56-64(4,5)6)63-61(65)54-51-48-45-42-39-36-34-30-28-26-23-20-17-14-11-8-2/h11,14,19-20,22-23,27-30,32-33,37,40,50,53,59-60H,7-10,12-13,15-18,21,24-26,31,34-36,38-39,41-49,51-52,54-58H2,1-6H3,(H-,63,65,67,68)/b14-11+,22-19-,23-20+,29-27-,30-28+,33-32-,40-37-,53-50+. The first-order chi connectivity index (χ1) is 34.9. The smallest absolute Gasteiger partial charge is 0.306 e. The molecular formula is C62H109N2O7P. The molecule has 1 N–H and O–H groups in total.